The van der Waals surface area contributed by atoms with Gasteiger partial charge in [0, 0.05) is 13.6 Å². The highest BCUT2D eigenvalue weighted by molar-refractivity contribution is 5.85. The van der Waals surface area contributed by atoms with Crippen LogP contribution in [0.15, 0.2) is 12.5 Å². The number of carboxylic acids is 1. The number of carboxylic acid groups (broad SMARTS) is 1. The van der Waals surface area contributed by atoms with Crippen LogP contribution < -0.4 is 5.32 Å². The highest BCUT2D eigenvalue weighted by Gasteiger charge is 2.30. The van der Waals surface area contributed by atoms with Crippen LogP contribution in [0.2, 0.25) is 0 Å². The molecule has 112 valence electrons. The fourth-order valence-corrected chi connectivity index (χ4v) is 3.11. The first kappa shape index (κ1) is 13.8. The molecular formula is C14H19N5O2. The van der Waals surface area contributed by atoms with Gasteiger partial charge in [-0.2, -0.15) is 5.10 Å². The second-order valence-electron chi connectivity index (χ2n) is 5.60. The van der Waals surface area contributed by atoms with Crippen molar-refractivity contribution >= 4 is 22.8 Å². The maximum Gasteiger partial charge on any atom is 0.306 e. The number of aryl methyl sites for hydroxylation is 1. The lowest BCUT2D eigenvalue weighted by atomic mass is 9.79. The van der Waals surface area contributed by atoms with Gasteiger partial charge in [0.05, 0.1) is 17.5 Å². The lowest BCUT2D eigenvalue weighted by molar-refractivity contribution is -0.144. The minimum Gasteiger partial charge on any atom is -0.481 e. The van der Waals surface area contributed by atoms with Gasteiger partial charge in [-0.3, -0.25) is 9.48 Å². The van der Waals surface area contributed by atoms with Gasteiger partial charge in [-0.1, -0.05) is 12.8 Å². The molecule has 1 saturated carbocycles. The zero-order valence-electron chi connectivity index (χ0n) is 12.0. The fraction of sp³-hybridized carbons (Fsp3) is 0.571. The molecule has 0 amide bonds. The van der Waals surface area contributed by atoms with E-state index in [1.54, 1.807) is 10.9 Å². The van der Waals surface area contributed by atoms with E-state index in [1.807, 2.05) is 7.05 Å². The average molecular weight is 289 g/mol. The molecule has 0 aliphatic heterocycles. The Morgan fingerprint density at radius 2 is 2.24 bits per heavy atom. The quantitative estimate of drug-likeness (QED) is 0.889. The number of anilines is 1. The number of nitrogens with one attached hydrogen (secondary N) is 1. The van der Waals surface area contributed by atoms with E-state index in [-0.39, 0.29) is 11.8 Å². The predicted octanol–water partition coefficient (Wildman–Crippen LogP) is 1.67. The highest BCUT2D eigenvalue weighted by Crippen LogP contribution is 2.30. The molecule has 1 aliphatic rings. The van der Waals surface area contributed by atoms with Gasteiger partial charge in [0.25, 0.3) is 0 Å². The summed E-state index contributed by atoms with van der Waals surface area (Å²) in [6, 6.07) is 0. The van der Waals surface area contributed by atoms with E-state index in [4.69, 9.17) is 0 Å². The Kier molecular flexibility index (Phi) is 3.72. The number of aliphatic carboxylic acids is 1. The van der Waals surface area contributed by atoms with Crippen molar-refractivity contribution in [2.75, 3.05) is 11.9 Å². The Bertz CT molecular complexity index is 654. The predicted molar refractivity (Wildman–Crippen MR) is 77.9 cm³/mol. The van der Waals surface area contributed by atoms with Crippen LogP contribution in [0.4, 0.5) is 5.82 Å². The van der Waals surface area contributed by atoms with Gasteiger partial charge >= 0.3 is 5.97 Å². The van der Waals surface area contributed by atoms with Crippen LogP contribution in [0, 0.1) is 11.8 Å². The van der Waals surface area contributed by atoms with Gasteiger partial charge in [-0.25, -0.2) is 9.97 Å². The summed E-state index contributed by atoms with van der Waals surface area (Å²) in [6.07, 6.45) is 7.06. The second kappa shape index (κ2) is 5.67. The SMILES string of the molecule is Cn1ncc2c(NCC3CCCCC3C(=O)O)ncnc21. The first-order valence-electron chi connectivity index (χ1n) is 7.26. The van der Waals surface area contributed by atoms with E-state index in [9.17, 15) is 9.90 Å². The summed E-state index contributed by atoms with van der Waals surface area (Å²) in [5.74, 6) is -0.0612. The summed E-state index contributed by atoms with van der Waals surface area (Å²) in [5, 5.41) is 17.6. The lowest BCUT2D eigenvalue weighted by Crippen LogP contribution is -2.31. The molecule has 0 spiro atoms. The molecule has 7 heteroatoms. The molecule has 2 atom stereocenters. The number of nitrogens with zero attached hydrogens (tertiary/aromatic N) is 4. The van der Waals surface area contributed by atoms with E-state index in [0.717, 1.165) is 42.5 Å². The summed E-state index contributed by atoms with van der Waals surface area (Å²) < 4.78 is 1.70. The molecule has 7 nitrogen and oxygen atoms in total. The molecule has 21 heavy (non-hydrogen) atoms. The van der Waals surface area contributed by atoms with Gasteiger partial charge in [0.15, 0.2) is 5.65 Å². The molecule has 2 heterocycles. The Balaban J connectivity index is 1.75. The molecule has 0 saturated heterocycles. The maximum atomic E-state index is 11.3. The number of hydrogen-bond donors (Lipinski definition) is 2. The Labute approximate surface area is 122 Å². The maximum absolute atomic E-state index is 11.3. The van der Waals surface area contributed by atoms with E-state index >= 15 is 0 Å². The van der Waals surface area contributed by atoms with Crippen molar-refractivity contribution in [3.05, 3.63) is 12.5 Å². The topological polar surface area (TPSA) is 92.9 Å². The number of aromatic nitrogens is 4. The monoisotopic (exact) mass is 289 g/mol. The summed E-state index contributed by atoms with van der Waals surface area (Å²) in [5.41, 5.74) is 0.769. The summed E-state index contributed by atoms with van der Waals surface area (Å²) >= 11 is 0. The molecule has 2 aromatic rings. The first-order chi connectivity index (χ1) is 10.2. The third-order valence-corrected chi connectivity index (χ3v) is 4.29. The molecule has 1 fully saturated rings. The second-order valence-corrected chi connectivity index (χ2v) is 5.60. The highest BCUT2D eigenvalue weighted by atomic mass is 16.4. The molecule has 1 aliphatic carbocycles. The van der Waals surface area contributed by atoms with Crippen LogP contribution in [0.1, 0.15) is 25.7 Å². The third-order valence-electron chi connectivity index (χ3n) is 4.29. The minimum atomic E-state index is -0.685. The van der Waals surface area contributed by atoms with Crippen LogP contribution in [-0.2, 0) is 11.8 Å². The van der Waals surface area contributed by atoms with Crippen molar-refractivity contribution in [1.82, 2.24) is 19.7 Å². The van der Waals surface area contributed by atoms with Crippen molar-refractivity contribution in [2.45, 2.75) is 25.7 Å². The van der Waals surface area contributed by atoms with Crippen LogP contribution >= 0.6 is 0 Å². The summed E-state index contributed by atoms with van der Waals surface area (Å²) in [6.45, 7) is 0.623. The van der Waals surface area contributed by atoms with Crippen molar-refractivity contribution in [3.8, 4) is 0 Å². The molecule has 0 aromatic carbocycles. The van der Waals surface area contributed by atoms with Crippen LogP contribution in [-0.4, -0.2) is 37.4 Å². The third kappa shape index (κ3) is 2.68. The molecule has 2 aromatic heterocycles. The van der Waals surface area contributed by atoms with E-state index in [2.05, 4.69) is 20.4 Å². The van der Waals surface area contributed by atoms with Crippen LogP contribution in [0.25, 0.3) is 11.0 Å². The Morgan fingerprint density at radius 3 is 3.05 bits per heavy atom. The fourth-order valence-electron chi connectivity index (χ4n) is 3.11. The zero-order valence-corrected chi connectivity index (χ0v) is 12.0. The number of hydrogen-bond acceptors (Lipinski definition) is 5. The Hall–Kier alpha value is -2.18. The Morgan fingerprint density at radius 1 is 1.43 bits per heavy atom. The largest absolute Gasteiger partial charge is 0.481 e. The number of rotatable bonds is 4. The van der Waals surface area contributed by atoms with E-state index < -0.39 is 5.97 Å². The molecule has 3 rings (SSSR count). The van der Waals surface area contributed by atoms with Gasteiger partial charge < -0.3 is 10.4 Å². The average Bonchev–Trinajstić information content (AvgIpc) is 2.87. The summed E-state index contributed by atoms with van der Waals surface area (Å²) in [4.78, 5) is 19.8. The number of fused-ring (bicyclic) bond motifs is 1. The van der Waals surface area contributed by atoms with Crippen molar-refractivity contribution in [1.29, 1.82) is 0 Å². The molecule has 2 N–H and O–H groups in total. The molecule has 0 bridgehead atoms. The molecule has 2 unspecified atom stereocenters. The normalized spacial score (nSPS) is 22.3. The van der Waals surface area contributed by atoms with Crippen molar-refractivity contribution in [3.63, 3.8) is 0 Å². The van der Waals surface area contributed by atoms with Gasteiger partial charge in [0.1, 0.15) is 12.1 Å². The van der Waals surface area contributed by atoms with E-state index in [1.165, 1.54) is 6.33 Å². The lowest BCUT2D eigenvalue weighted by Gasteiger charge is -2.28. The molecular weight excluding hydrogens is 270 g/mol. The number of carbonyl (C=O) groups is 1. The van der Waals surface area contributed by atoms with Gasteiger partial charge in [-0.05, 0) is 18.8 Å². The van der Waals surface area contributed by atoms with Crippen LogP contribution in [0.5, 0.6) is 0 Å². The first-order valence-corrected chi connectivity index (χ1v) is 7.26. The van der Waals surface area contributed by atoms with Crippen LogP contribution in [0.3, 0.4) is 0 Å². The van der Waals surface area contributed by atoms with Gasteiger partial charge in [-0.15, -0.1) is 0 Å². The standard InChI is InChI=1S/C14H19N5O2/c1-19-13-11(7-18-19)12(16-8-17-13)15-6-9-4-2-3-5-10(9)14(20)21/h7-10H,2-6H2,1H3,(H,20,21)(H,15,16,17). The van der Waals surface area contributed by atoms with Crippen molar-refractivity contribution < 1.29 is 9.90 Å². The molecule has 0 radical (unpaired) electrons. The smallest absolute Gasteiger partial charge is 0.306 e. The van der Waals surface area contributed by atoms with Crippen molar-refractivity contribution in [2.24, 2.45) is 18.9 Å². The van der Waals surface area contributed by atoms with E-state index in [0.29, 0.717) is 6.54 Å². The zero-order chi connectivity index (χ0) is 14.8. The summed E-state index contributed by atoms with van der Waals surface area (Å²) in [7, 11) is 1.83. The minimum absolute atomic E-state index is 0.151. The van der Waals surface area contributed by atoms with Gasteiger partial charge in [0.2, 0.25) is 0 Å².